The van der Waals surface area contributed by atoms with Crippen LogP contribution in [0.25, 0.3) is 0 Å². The third kappa shape index (κ3) is 40.6. The second-order valence-electron chi connectivity index (χ2n) is 17.5. The van der Waals surface area contributed by atoms with Gasteiger partial charge in [0, 0.05) is 25.8 Å². The van der Waals surface area contributed by atoms with E-state index >= 15 is 0 Å². The number of ether oxygens (including phenoxy) is 4. The van der Waals surface area contributed by atoms with Crippen LogP contribution in [0.15, 0.2) is 60.7 Å². The number of carbonyl (C=O) groups is 4. The van der Waals surface area contributed by atoms with Crippen LogP contribution in [0.1, 0.15) is 219 Å². The van der Waals surface area contributed by atoms with E-state index < -0.39 is 11.9 Å². The van der Waals surface area contributed by atoms with Gasteiger partial charge in [0.05, 0.1) is 25.4 Å². The van der Waals surface area contributed by atoms with Crippen LogP contribution in [0.2, 0.25) is 0 Å². The maximum absolute atomic E-state index is 11.5. The van der Waals surface area contributed by atoms with Crippen molar-refractivity contribution in [2.75, 3.05) is 0 Å². The molecular weight excluding hydrogens is 946 g/mol. The van der Waals surface area contributed by atoms with E-state index in [9.17, 15) is 29.4 Å². The molecule has 0 bridgehead atoms. The summed E-state index contributed by atoms with van der Waals surface area (Å²) >= 11 is 0. The number of rotatable bonds is 40. The maximum atomic E-state index is 11.5. The molecular formula is C54H86BaO10. The molecule has 0 radical (unpaired) electrons. The zero-order valence-corrected chi connectivity index (χ0v) is 45.5. The van der Waals surface area contributed by atoms with Crippen LogP contribution in [0.4, 0.5) is 0 Å². The Morgan fingerprint density at radius 3 is 1.02 bits per heavy atom. The average Bonchev–Trinajstić information content (AvgIpc) is 3.26. The first-order valence-electron chi connectivity index (χ1n) is 25.1. The van der Waals surface area contributed by atoms with Gasteiger partial charge in [-0.1, -0.05) is 152 Å². The van der Waals surface area contributed by atoms with E-state index in [1.165, 1.54) is 25.0 Å². The summed E-state index contributed by atoms with van der Waals surface area (Å²) in [4.78, 5) is 43.8. The van der Waals surface area contributed by atoms with Gasteiger partial charge in [-0.25, -0.2) is 0 Å². The Hall–Kier alpha value is -2.19. The Morgan fingerprint density at radius 2 is 0.708 bits per heavy atom. The first-order valence-corrected chi connectivity index (χ1v) is 25.1. The number of aliphatic carboxylic acids is 2. The van der Waals surface area contributed by atoms with Gasteiger partial charge in [-0.3, -0.25) is 9.59 Å². The molecule has 364 valence electrons. The fourth-order valence-corrected chi connectivity index (χ4v) is 8.03. The summed E-state index contributed by atoms with van der Waals surface area (Å²) < 4.78 is 23.4. The minimum absolute atomic E-state index is 0. The zero-order chi connectivity index (χ0) is 46.9. The first kappa shape index (κ1) is 62.8. The molecule has 0 aliphatic rings. The van der Waals surface area contributed by atoms with Gasteiger partial charge in [0.2, 0.25) is 0 Å². The molecule has 65 heavy (non-hydrogen) atoms. The van der Waals surface area contributed by atoms with Crippen molar-refractivity contribution in [1.82, 2.24) is 0 Å². The Balaban J connectivity index is 0.00000124. The van der Waals surface area contributed by atoms with E-state index in [1.54, 1.807) is 0 Å². The predicted octanol–water partition coefficient (Wildman–Crippen LogP) is 11.1. The number of unbranched alkanes of at least 4 members (excludes halogenated alkanes) is 12. The fourth-order valence-electron chi connectivity index (χ4n) is 8.03. The number of esters is 2. The van der Waals surface area contributed by atoms with Gasteiger partial charge in [-0.05, 0) is 114 Å². The van der Waals surface area contributed by atoms with Gasteiger partial charge < -0.3 is 38.7 Å². The zero-order valence-electron chi connectivity index (χ0n) is 41.1. The molecule has 4 unspecified atom stereocenters. The molecule has 4 atom stereocenters. The summed E-state index contributed by atoms with van der Waals surface area (Å²) in [5.41, 5.74) is 2.40. The Bertz CT molecular complexity index is 1320. The molecule has 0 aromatic heterocycles. The minimum atomic E-state index is -0.953. The molecule has 0 aliphatic carbocycles. The molecule has 0 aliphatic heterocycles. The number of carboxylic acids is 2. The summed E-state index contributed by atoms with van der Waals surface area (Å²) in [7, 11) is 0. The number of carboxylic acid groups (broad SMARTS) is 2. The fraction of sp³-hybridized carbons (Fsp3) is 0.704. The largest absolute Gasteiger partial charge is 2.00 e. The molecule has 2 rings (SSSR count). The molecule has 0 N–H and O–H groups in total. The van der Waals surface area contributed by atoms with Crippen molar-refractivity contribution in [3.8, 4) is 0 Å². The molecule has 2 aromatic rings. The molecule has 0 saturated heterocycles. The van der Waals surface area contributed by atoms with Crippen LogP contribution in [0.3, 0.4) is 0 Å². The summed E-state index contributed by atoms with van der Waals surface area (Å²) in [5, 5.41) is 20.8. The summed E-state index contributed by atoms with van der Waals surface area (Å²) in [6.45, 7) is 8.64. The van der Waals surface area contributed by atoms with E-state index in [0.29, 0.717) is 26.1 Å². The van der Waals surface area contributed by atoms with Gasteiger partial charge in [0.15, 0.2) is 0 Å². The Morgan fingerprint density at radius 1 is 0.415 bits per heavy atom. The molecule has 2 aromatic carbocycles. The second kappa shape index (κ2) is 44.3. The summed E-state index contributed by atoms with van der Waals surface area (Å²) in [6.07, 6.45) is 27.0. The quantitative estimate of drug-likeness (QED) is 0.0358. The first-order chi connectivity index (χ1) is 31.0. The van der Waals surface area contributed by atoms with Gasteiger partial charge in [0.25, 0.3) is 0 Å². The van der Waals surface area contributed by atoms with Crippen molar-refractivity contribution in [3.05, 3.63) is 71.8 Å². The van der Waals surface area contributed by atoms with E-state index in [-0.39, 0.29) is 98.1 Å². The number of benzene rings is 2. The Kier molecular flexibility index (Phi) is 42.8. The third-order valence-corrected chi connectivity index (χ3v) is 11.5. The van der Waals surface area contributed by atoms with Gasteiger partial charge >= 0.3 is 60.8 Å². The van der Waals surface area contributed by atoms with Crippen molar-refractivity contribution >= 4 is 72.8 Å². The SMILES string of the molecule is CCCC(CCCC(CCCCCCCCCC(=O)[O-])OC(C)=O)OCc1ccccc1.CCCC(CCCC(CCCCCCCCCC(=O)[O-])OC(C)=O)OCc1ccccc1.[Ba+2]. The van der Waals surface area contributed by atoms with Crippen LogP contribution in [-0.4, -0.2) is 97.2 Å². The second-order valence-corrected chi connectivity index (χ2v) is 17.5. The molecule has 11 heteroatoms. The molecule has 0 amide bonds. The number of hydrogen-bond acceptors (Lipinski definition) is 10. The van der Waals surface area contributed by atoms with E-state index in [2.05, 4.69) is 38.1 Å². The van der Waals surface area contributed by atoms with Crippen LogP contribution >= 0.6 is 0 Å². The average molecular weight is 1030 g/mol. The van der Waals surface area contributed by atoms with E-state index in [4.69, 9.17) is 18.9 Å². The van der Waals surface area contributed by atoms with E-state index in [1.807, 2.05) is 36.4 Å². The van der Waals surface area contributed by atoms with Gasteiger partial charge in [0.1, 0.15) is 12.2 Å². The van der Waals surface area contributed by atoms with Crippen molar-refractivity contribution < 1.29 is 48.3 Å². The summed E-state index contributed by atoms with van der Waals surface area (Å²) in [6, 6.07) is 20.5. The maximum Gasteiger partial charge on any atom is 2.00 e. The minimum Gasteiger partial charge on any atom is -0.550 e. The Labute approximate surface area is 434 Å². The monoisotopic (exact) mass is 1030 g/mol. The van der Waals surface area contributed by atoms with Gasteiger partial charge in [-0.2, -0.15) is 0 Å². The van der Waals surface area contributed by atoms with Crippen molar-refractivity contribution in [3.63, 3.8) is 0 Å². The smallest absolute Gasteiger partial charge is 0.550 e. The molecule has 10 nitrogen and oxygen atoms in total. The molecule has 0 spiro atoms. The van der Waals surface area contributed by atoms with Gasteiger partial charge in [-0.15, -0.1) is 0 Å². The topological polar surface area (TPSA) is 151 Å². The summed E-state index contributed by atoms with van der Waals surface area (Å²) in [5.74, 6) is -2.31. The van der Waals surface area contributed by atoms with E-state index in [0.717, 1.165) is 154 Å². The number of carbonyl (C=O) groups excluding carboxylic acids is 4. The van der Waals surface area contributed by atoms with Crippen LogP contribution < -0.4 is 10.2 Å². The van der Waals surface area contributed by atoms with Crippen LogP contribution in [0, 0.1) is 0 Å². The third-order valence-electron chi connectivity index (χ3n) is 11.5. The molecule has 0 fully saturated rings. The predicted molar refractivity (Wildman–Crippen MR) is 258 cm³/mol. The van der Waals surface area contributed by atoms with Crippen molar-refractivity contribution in [2.24, 2.45) is 0 Å². The van der Waals surface area contributed by atoms with Crippen LogP contribution in [0.5, 0.6) is 0 Å². The number of hydrogen-bond donors (Lipinski definition) is 0. The molecule has 0 heterocycles. The van der Waals surface area contributed by atoms with Crippen molar-refractivity contribution in [2.45, 2.75) is 245 Å². The van der Waals surface area contributed by atoms with Crippen LogP contribution in [-0.2, 0) is 51.3 Å². The van der Waals surface area contributed by atoms with Crippen molar-refractivity contribution in [1.29, 1.82) is 0 Å². The molecule has 0 saturated carbocycles. The standard InChI is InChI=1S/2C27H44O5.Ba/c2*1-3-15-25(31-22-24-16-10-9-11-17-24)19-14-20-26(32-23(2)28)18-12-7-5-4-6-8-13-21-27(29)30;/h2*9-11,16-17,25-26H,3-8,12-15,18-22H2,1-2H3,(H,29,30);/q;;+2/p-2. The normalized spacial score (nSPS) is 12.7.